The number of benzene rings is 1. The summed E-state index contributed by atoms with van der Waals surface area (Å²) < 4.78 is 6.89. The van der Waals surface area contributed by atoms with Gasteiger partial charge in [-0.25, -0.2) is 0 Å². The predicted molar refractivity (Wildman–Crippen MR) is 85.2 cm³/mol. The zero-order valence-corrected chi connectivity index (χ0v) is 12.7. The number of piperidine rings is 1. The summed E-state index contributed by atoms with van der Waals surface area (Å²) in [5.41, 5.74) is 7.47. The molecule has 0 bridgehead atoms. The van der Waals surface area contributed by atoms with Crippen LogP contribution >= 0.6 is 11.3 Å². The summed E-state index contributed by atoms with van der Waals surface area (Å²) in [6.45, 7) is 2.77. The molecule has 2 heterocycles. The Labute approximate surface area is 124 Å². The van der Waals surface area contributed by atoms with E-state index in [-0.39, 0.29) is 0 Å². The number of fused-ring (bicyclic) bond motifs is 1. The molecular weight excluding hydrogens is 268 g/mol. The van der Waals surface area contributed by atoms with Crippen molar-refractivity contribution in [3.05, 3.63) is 35.2 Å². The average Bonchev–Trinajstić information content (AvgIpc) is 2.93. The van der Waals surface area contributed by atoms with Crippen LogP contribution in [0.5, 0.6) is 0 Å². The van der Waals surface area contributed by atoms with Crippen LogP contribution in [0.3, 0.4) is 0 Å². The van der Waals surface area contributed by atoms with Crippen LogP contribution in [0.25, 0.3) is 10.1 Å². The molecule has 1 aliphatic rings. The van der Waals surface area contributed by atoms with Crippen molar-refractivity contribution in [2.24, 2.45) is 5.73 Å². The molecule has 1 fully saturated rings. The molecule has 4 heteroatoms. The van der Waals surface area contributed by atoms with Gasteiger partial charge in [-0.1, -0.05) is 18.2 Å². The monoisotopic (exact) mass is 290 g/mol. The van der Waals surface area contributed by atoms with E-state index < -0.39 is 0 Å². The molecule has 1 aromatic heterocycles. The predicted octanol–water partition coefficient (Wildman–Crippen LogP) is 3.01. The molecular formula is C16H22N2OS. The highest BCUT2D eigenvalue weighted by molar-refractivity contribution is 7.17. The highest BCUT2D eigenvalue weighted by atomic mass is 32.1. The Bertz CT molecular complexity index is 568. The Balaban J connectivity index is 1.89. The molecule has 1 saturated heterocycles. The quantitative estimate of drug-likeness (QED) is 0.940. The zero-order chi connectivity index (χ0) is 13.9. The summed E-state index contributed by atoms with van der Waals surface area (Å²) in [6.07, 6.45) is 2.70. The van der Waals surface area contributed by atoms with E-state index in [1.54, 1.807) is 0 Å². The van der Waals surface area contributed by atoms with Gasteiger partial charge in [0.25, 0.3) is 0 Å². The third kappa shape index (κ3) is 2.61. The lowest BCUT2D eigenvalue weighted by atomic mass is 10.00. The first-order chi connectivity index (χ1) is 9.83. The van der Waals surface area contributed by atoms with Crippen molar-refractivity contribution in [2.45, 2.75) is 25.0 Å². The molecule has 1 aliphatic heterocycles. The Morgan fingerprint density at radius 1 is 1.45 bits per heavy atom. The van der Waals surface area contributed by atoms with E-state index in [0.717, 1.165) is 19.5 Å². The van der Waals surface area contributed by atoms with Crippen LogP contribution in [0.1, 0.15) is 24.4 Å². The topological polar surface area (TPSA) is 38.5 Å². The van der Waals surface area contributed by atoms with Crippen LogP contribution < -0.4 is 5.73 Å². The summed E-state index contributed by atoms with van der Waals surface area (Å²) >= 11 is 1.81. The molecule has 0 saturated carbocycles. The molecule has 0 aliphatic carbocycles. The van der Waals surface area contributed by atoms with E-state index in [2.05, 4.69) is 34.5 Å². The third-order valence-electron chi connectivity index (χ3n) is 4.28. The normalized spacial score (nSPS) is 22.2. The number of nitrogens with two attached hydrogens (primary N) is 1. The van der Waals surface area contributed by atoms with Crippen LogP contribution in [0.2, 0.25) is 0 Å². The Kier molecular flexibility index (Phi) is 4.36. The smallest absolute Gasteiger partial charge is 0.0698 e. The molecule has 2 N–H and O–H groups in total. The van der Waals surface area contributed by atoms with Gasteiger partial charge in [-0.2, -0.15) is 0 Å². The van der Waals surface area contributed by atoms with Gasteiger partial charge < -0.3 is 10.5 Å². The maximum Gasteiger partial charge on any atom is 0.0698 e. The molecule has 2 atom stereocenters. The standard InChI is InChI=1S/C16H22N2OS/c1-19-12-5-4-8-18(10-12)15(9-17)14-11-20-16-7-3-2-6-13(14)16/h2-3,6-7,11-12,15H,4-5,8-10,17H2,1H3. The molecule has 0 spiro atoms. The van der Waals surface area contributed by atoms with Crippen molar-refractivity contribution in [1.82, 2.24) is 4.90 Å². The lowest BCUT2D eigenvalue weighted by Gasteiger charge is -2.37. The van der Waals surface area contributed by atoms with Crippen molar-refractivity contribution < 1.29 is 4.74 Å². The fourth-order valence-electron chi connectivity index (χ4n) is 3.17. The molecule has 108 valence electrons. The van der Waals surface area contributed by atoms with Gasteiger partial charge in [0, 0.05) is 30.9 Å². The molecule has 3 rings (SSSR count). The van der Waals surface area contributed by atoms with E-state index in [1.807, 2.05) is 18.4 Å². The Morgan fingerprint density at radius 3 is 3.10 bits per heavy atom. The number of methoxy groups -OCH3 is 1. The van der Waals surface area contributed by atoms with E-state index in [0.29, 0.717) is 18.7 Å². The lowest BCUT2D eigenvalue weighted by molar-refractivity contribution is 0.0158. The van der Waals surface area contributed by atoms with Gasteiger partial charge in [0.05, 0.1) is 6.10 Å². The molecule has 2 unspecified atom stereocenters. The maximum atomic E-state index is 6.09. The highest BCUT2D eigenvalue weighted by Gasteiger charge is 2.27. The Morgan fingerprint density at radius 2 is 2.30 bits per heavy atom. The third-order valence-corrected chi connectivity index (χ3v) is 5.26. The molecule has 20 heavy (non-hydrogen) atoms. The number of hydrogen-bond acceptors (Lipinski definition) is 4. The fourth-order valence-corrected chi connectivity index (χ4v) is 4.18. The number of hydrogen-bond donors (Lipinski definition) is 1. The van der Waals surface area contributed by atoms with Crippen molar-refractivity contribution in [1.29, 1.82) is 0 Å². The second-order valence-electron chi connectivity index (χ2n) is 5.43. The van der Waals surface area contributed by atoms with E-state index in [1.165, 1.54) is 22.1 Å². The minimum absolute atomic E-state index is 0.309. The summed E-state index contributed by atoms with van der Waals surface area (Å²) in [6, 6.07) is 8.92. The summed E-state index contributed by atoms with van der Waals surface area (Å²) in [5, 5.41) is 3.63. The van der Waals surface area contributed by atoms with E-state index >= 15 is 0 Å². The average molecular weight is 290 g/mol. The molecule has 2 aromatic rings. The van der Waals surface area contributed by atoms with Crippen LogP contribution in [0.15, 0.2) is 29.6 Å². The van der Waals surface area contributed by atoms with Gasteiger partial charge in [0.2, 0.25) is 0 Å². The van der Waals surface area contributed by atoms with Crippen molar-refractivity contribution >= 4 is 21.4 Å². The number of nitrogens with zero attached hydrogens (tertiary/aromatic N) is 1. The highest BCUT2D eigenvalue weighted by Crippen LogP contribution is 2.34. The molecule has 3 nitrogen and oxygen atoms in total. The molecule has 0 radical (unpaired) electrons. The second-order valence-corrected chi connectivity index (χ2v) is 6.34. The first-order valence-corrected chi connectivity index (χ1v) is 8.14. The molecule has 0 amide bonds. The first-order valence-electron chi connectivity index (χ1n) is 7.26. The van der Waals surface area contributed by atoms with Crippen LogP contribution in [0, 0.1) is 0 Å². The minimum Gasteiger partial charge on any atom is -0.380 e. The fraction of sp³-hybridized carbons (Fsp3) is 0.500. The van der Waals surface area contributed by atoms with Gasteiger partial charge in [-0.15, -0.1) is 11.3 Å². The zero-order valence-electron chi connectivity index (χ0n) is 11.9. The van der Waals surface area contributed by atoms with Gasteiger partial charge in [0.15, 0.2) is 0 Å². The van der Waals surface area contributed by atoms with Gasteiger partial charge in [0.1, 0.15) is 0 Å². The SMILES string of the molecule is COC1CCCN(C(CN)c2csc3ccccc23)C1. The minimum atomic E-state index is 0.309. The van der Waals surface area contributed by atoms with Gasteiger partial charge in [-0.05, 0) is 41.8 Å². The van der Waals surface area contributed by atoms with Gasteiger partial charge >= 0.3 is 0 Å². The lowest BCUT2D eigenvalue weighted by Crippen LogP contribution is -2.43. The number of likely N-dealkylation sites (tertiary alicyclic amines) is 1. The summed E-state index contributed by atoms with van der Waals surface area (Å²) in [5.74, 6) is 0. The van der Waals surface area contributed by atoms with Gasteiger partial charge in [-0.3, -0.25) is 4.90 Å². The number of ether oxygens (including phenoxy) is 1. The maximum absolute atomic E-state index is 6.09. The summed E-state index contributed by atoms with van der Waals surface area (Å²) in [7, 11) is 1.81. The molecule has 1 aromatic carbocycles. The Hall–Kier alpha value is -0.940. The number of thiophene rings is 1. The van der Waals surface area contributed by atoms with Crippen LogP contribution in [-0.4, -0.2) is 37.7 Å². The van der Waals surface area contributed by atoms with Crippen LogP contribution in [-0.2, 0) is 4.74 Å². The van der Waals surface area contributed by atoms with E-state index in [9.17, 15) is 0 Å². The first kappa shape index (κ1) is 14.0. The van der Waals surface area contributed by atoms with Crippen molar-refractivity contribution in [2.75, 3.05) is 26.7 Å². The van der Waals surface area contributed by atoms with Crippen LogP contribution in [0.4, 0.5) is 0 Å². The van der Waals surface area contributed by atoms with Crippen molar-refractivity contribution in [3.63, 3.8) is 0 Å². The number of rotatable bonds is 4. The second kappa shape index (κ2) is 6.22. The van der Waals surface area contributed by atoms with Crippen molar-refractivity contribution in [3.8, 4) is 0 Å². The van der Waals surface area contributed by atoms with E-state index in [4.69, 9.17) is 10.5 Å². The largest absolute Gasteiger partial charge is 0.380 e. The summed E-state index contributed by atoms with van der Waals surface area (Å²) in [4.78, 5) is 2.49.